The third-order valence-electron chi connectivity index (χ3n) is 4.91. The van der Waals surface area contributed by atoms with Crippen LogP contribution in [0.4, 0.5) is 17.6 Å². The van der Waals surface area contributed by atoms with Crippen molar-refractivity contribution in [2.75, 3.05) is 13.1 Å². The maximum Gasteiger partial charge on any atom is 0.471 e. The SMILES string of the molecule is O=C(c1cccc(F)c1)N1CCC[C@@H](c2ccc(-c3noc(C(F)(F)F)n3)cn2)C1. The lowest BCUT2D eigenvalue weighted by molar-refractivity contribution is -0.159. The van der Waals surface area contributed by atoms with Crippen LogP contribution in [0.15, 0.2) is 47.1 Å². The number of amides is 1. The summed E-state index contributed by atoms with van der Waals surface area (Å²) >= 11 is 0. The van der Waals surface area contributed by atoms with Crippen LogP contribution in [-0.2, 0) is 6.18 Å². The quantitative estimate of drug-likeness (QED) is 0.591. The minimum absolute atomic E-state index is 0.0405. The van der Waals surface area contributed by atoms with Gasteiger partial charge in [-0.25, -0.2) is 4.39 Å². The van der Waals surface area contributed by atoms with E-state index in [0.717, 1.165) is 12.8 Å². The highest BCUT2D eigenvalue weighted by Crippen LogP contribution is 2.30. The second-order valence-electron chi connectivity index (χ2n) is 6.99. The number of likely N-dealkylation sites (tertiary alicyclic amines) is 1. The molecular weight excluding hydrogens is 404 g/mol. The molecule has 1 aromatic carbocycles. The van der Waals surface area contributed by atoms with Crippen molar-refractivity contribution in [3.63, 3.8) is 0 Å². The number of piperidine rings is 1. The van der Waals surface area contributed by atoms with Gasteiger partial charge >= 0.3 is 12.1 Å². The Bertz CT molecular complexity index is 1050. The third kappa shape index (κ3) is 4.17. The second kappa shape index (κ2) is 7.85. The standard InChI is InChI=1S/C20H16F4N4O2/c21-15-5-1-3-12(9-15)18(29)28-8-2-4-14(11-28)16-7-6-13(10-25-16)17-26-19(30-27-17)20(22,23)24/h1,3,5-7,9-10,14H,2,4,8,11H2/t14-/m1/s1. The first kappa shape index (κ1) is 20.0. The summed E-state index contributed by atoms with van der Waals surface area (Å²) in [5, 5.41) is 3.34. The normalized spacial score (nSPS) is 17.2. The molecule has 1 saturated heterocycles. The molecule has 0 bridgehead atoms. The Morgan fingerprint density at radius 1 is 1.20 bits per heavy atom. The number of pyridine rings is 1. The monoisotopic (exact) mass is 420 g/mol. The van der Waals surface area contributed by atoms with Crippen molar-refractivity contribution < 1.29 is 26.9 Å². The van der Waals surface area contributed by atoms with Gasteiger partial charge in [-0.15, -0.1) is 0 Å². The van der Waals surface area contributed by atoms with Crippen LogP contribution in [0.3, 0.4) is 0 Å². The van der Waals surface area contributed by atoms with E-state index >= 15 is 0 Å². The fourth-order valence-electron chi connectivity index (χ4n) is 3.44. The smallest absolute Gasteiger partial charge is 0.338 e. The van der Waals surface area contributed by atoms with Crippen LogP contribution in [0.2, 0.25) is 0 Å². The Kier molecular flexibility index (Phi) is 5.23. The Hall–Kier alpha value is -3.30. The van der Waals surface area contributed by atoms with E-state index in [0.29, 0.717) is 24.3 Å². The molecule has 0 spiro atoms. The number of halogens is 4. The van der Waals surface area contributed by atoms with Gasteiger partial charge in [0, 0.05) is 42.0 Å². The predicted molar refractivity (Wildman–Crippen MR) is 96.8 cm³/mol. The minimum Gasteiger partial charge on any atom is -0.338 e. The lowest BCUT2D eigenvalue weighted by Gasteiger charge is -2.32. The molecule has 0 N–H and O–H groups in total. The summed E-state index contributed by atoms with van der Waals surface area (Å²) in [4.78, 5) is 22.0. The number of aromatic nitrogens is 3. The van der Waals surface area contributed by atoms with Crippen molar-refractivity contribution in [1.82, 2.24) is 20.0 Å². The highest BCUT2D eigenvalue weighted by Gasteiger charge is 2.38. The van der Waals surface area contributed by atoms with Gasteiger partial charge in [-0.3, -0.25) is 9.78 Å². The molecule has 30 heavy (non-hydrogen) atoms. The number of carbonyl (C=O) groups is 1. The molecule has 3 aromatic rings. The van der Waals surface area contributed by atoms with Crippen molar-refractivity contribution in [1.29, 1.82) is 0 Å². The number of rotatable bonds is 3. The van der Waals surface area contributed by atoms with Crippen molar-refractivity contribution in [3.8, 4) is 11.4 Å². The van der Waals surface area contributed by atoms with Gasteiger partial charge < -0.3 is 9.42 Å². The first-order valence-electron chi connectivity index (χ1n) is 9.23. The van der Waals surface area contributed by atoms with E-state index < -0.39 is 17.9 Å². The highest BCUT2D eigenvalue weighted by molar-refractivity contribution is 5.94. The van der Waals surface area contributed by atoms with Crippen molar-refractivity contribution in [2.45, 2.75) is 24.9 Å². The van der Waals surface area contributed by atoms with Gasteiger partial charge in [0.2, 0.25) is 5.82 Å². The van der Waals surface area contributed by atoms with E-state index in [9.17, 15) is 22.4 Å². The predicted octanol–water partition coefficient (Wildman–Crippen LogP) is 4.31. The van der Waals surface area contributed by atoms with Crippen LogP contribution in [0.25, 0.3) is 11.4 Å². The van der Waals surface area contributed by atoms with Gasteiger partial charge in [-0.05, 0) is 43.2 Å². The molecule has 1 amide bonds. The Morgan fingerprint density at radius 2 is 2.03 bits per heavy atom. The van der Waals surface area contributed by atoms with E-state index in [1.165, 1.54) is 24.4 Å². The van der Waals surface area contributed by atoms with Gasteiger partial charge in [0.05, 0.1) is 0 Å². The average Bonchev–Trinajstić information content (AvgIpc) is 3.24. The molecule has 1 aliphatic rings. The molecular formula is C20H16F4N4O2. The average molecular weight is 420 g/mol. The van der Waals surface area contributed by atoms with E-state index in [-0.39, 0.29) is 23.2 Å². The van der Waals surface area contributed by atoms with Crippen LogP contribution in [0, 0.1) is 5.82 Å². The van der Waals surface area contributed by atoms with E-state index in [1.54, 1.807) is 23.1 Å². The van der Waals surface area contributed by atoms with E-state index in [2.05, 4.69) is 19.6 Å². The molecule has 156 valence electrons. The number of carbonyl (C=O) groups excluding carboxylic acids is 1. The lowest BCUT2D eigenvalue weighted by atomic mass is 9.93. The summed E-state index contributed by atoms with van der Waals surface area (Å²) in [6.07, 6.45) is -1.76. The van der Waals surface area contributed by atoms with Crippen LogP contribution in [0.5, 0.6) is 0 Å². The fourth-order valence-corrected chi connectivity index (χ4v) is 3.44. The number of hydrogen-bond donors (Lipinski definition) is 0. The zero-order valence-corrected chi connectivity index (χ0v) is 15.6. The van der Waals surface area contributed by atoms with Crippen molar-refractivity contribution >= 4 is 5.91 Å². The molecule has 0 aliphatic carbocycles. The molecule has 2 aromatic heterocycles. The first-order chi connectivity index (χ1) is 14.3. The third-order valence-corrected chi connectivity index (χ3v) is 4.91. The number of hydrogen-bond acceptors (Lipinski definition) is 5. The van der Waals surface area contributed by atoms with Gasteiger partial charge in [-0.1, -0.05) is 11.2 Å². The molecule has 3 heterocycles. The molecule has 1 fully saturated rings. The van der Waals surface area contributed by atoms with Crippen molar-refractivity contribution in [2.24, 2.45) is 0 Å². The molecule has 0 radical (unpaired) electrons. The lowest BCUT2D eigenvalue weighted by Crippen LogP contribution is -2.39. The molecule has 4 rings (SSSR count). The van der Waals surface area contributed by atoms with Gasteiger partial charge in [0.15, 0.2) is 0 Å². The van der Waals surface area contributed by atoms with Crippen molar-refractivity contribution in [3.05, 3.63) is 65.6 Å². The summed E-state index contributed by atoms with van der Waals surface area (Å²) in [5.74, 6) is -2.38. The molecule has 6 nitrogen and oxygen atoms in total. The minimum atomic E-state index is -4.71. The Balaban J connectivity index is 1.47. The summed E-state index contributed by atoms with van der Waals surface area (Å²) < 4.78 is 55.5. The second-order valence-corrected chi connectivity index (χ2v) is 6.99. The maximum absolute atomic E-state index is 13.4. The van der Waals surface area contributed by atoms with Gasteiger partial charge in [0.25, 0.3) is 5.91 Å². The molecule has 1 aliphatic heterocycles. The fraction of sp³-hybridized carbons (Fsp3) is 0.300. The van der Waals surface area contributed by atoms with Gasteiger partial charge in [-0.2, -0.15) is 18.2 Å². The number of benzene rings is 1. The highest BCUT2D eigenvalue weighted by atomic mass is 19.4. The summed E-state index contributed by atoms with van der Waals surface area (Å²) in [7, 11) is 0. The van der Waals surface area contributed by atoms with E-state index in [4.69, 9.17) is 0 Å². The molecule has 0 saturated carbocycles. The topological polar surface area (TPSA) is 72.1 Å². The van der Waals surface area contributed by atoms with Crippen LogP contribution >= 0.6 is 0 Å². The molecule has 1 atom stereocenters. The number of alkyl halides is 3. The maximum atomic E-state index is 13.4. The summed E-state index contributed by atoms with van der Waals surface area (Å²) in [6, 6.07) is 8.80. The molecule has 0 unspecified atom stereocenters. The van der Waals surface area contributed by atoms with Gasteiger partial charge in [0.1, 0.15) is 5.82 Å². The van der Waals surface area contributed by atoms with E-state index in [1.807, 2.05) is 0 Å². The van der Waals surface area contributed by atoms with Crippen LogP contribution < -0.4 is 0 Å². The van der Waals surface area contributed by atoms with Crippen LogP contribution in [0.1, 0.15) is 40.7 Å². The largest absolute Gasteiger partial charge is 0.471 e. The zero-order valence-electron chi connectivity index (χ0n) is 15.6. The van der Waals surface area contributed by atoms with Crippen LogP contribution in [-0.4, -0.2) is 39.0 Å². The summed E-state index contributed by atoms with van der Waals surface area (Å²) in [6.45, 7) is 0.981. The first-order valence-corrected chi connectivity index (χ1v) is 9.23. The molecule has 10 heteroatoms. The number of nitrogens with zero attached hydrogens (tertiary/aromatic N) is 4. The summed E-state index contributed by atoms with van der Waals surface area (Å²) in [5.41, 5.74) is 1.29. The Morgan fingerprint density at radius 3 is 2.70 bits per heavy atom. The zero-order chi connectivity index (χ0) is 21.3. The Labute approximate surface area is 168 Å².